The molecule has 1 heterocycles. The molecular formula is C12H20N2OS. The Labute approximate surface area is 101 Å². The van der Waals surface area contributed by atoms with Gasteiger partial charge in [-0.3, -0.25) is 4.90 Å². The molecule has 0 atom stereocenters. The van der Waals surface area contributed by atoms with Gasteiger partial charge in [0, 0.05) is 29.1 Å². The van der Waals surface area contributed by atoms with Crippen molar-refractivity contribution in [1.82, 2.24) is 9.88 Å². The van der Waals surface area contributed by atoms with E-state index in [1.807, 2.05) is 24.6 Å². The van der Waals surface area contributed by atoms with E-state index in [1.165, 1.54) is 22.7 Å². The number of hydrogen-bond donors (Lipinski definition) is 1. The van der Waals surface area contributed by atoms with Gasteiger partial charge in [-0.1, -0.05) is 0 Å². The van der Waals surface area contributed by atoms with Crippen LogP contribution in [0, 0.1) is 0 Å². The molecular weight excluding hydrogens is 220 g/mol. The van der Waals surface area contributed by atoms with E-state index in [-0.39, 0.29) is 12.1 Å². The van der Waals surface area contributed by atoms with Gasteiger partial charge in [-0.05, 0) is 33.7 Å². The number of rotatable bonds is 5. The number of aliphatic hydroxyl groups excluding tert-OH is 1. The second-order valence-corrected chi connectivity index (χ2v) is 6.41. The Hall–Kier alpha value is -0.450. The number of likely N-dealkylation sites (N-methyl/N-ethyl adjacent to an activating group) is 1. The summed E-state index contributed by atoms with van der Waals surface area (Å²) in [6, 6.07) is 0. The zero-order valence-corrected chi connectivity index (χ0v) is 11.0. The summed E-state index contributed by atoms with van der Waals surface area (Å²) in [5.74, 6) is 0.745. The maximum atomic E-state index is 9.29. The summed E-state index contributed by atoms with van der Waals surface area (Å²) in [5, 5.41) is 10.6. The highest BCUT2D eigenvalue weighted by atomic mass is 32.1. The molecule has 1 N–H and O–H groups in total. The highest BCUT2D eigenvalue weighted by molar-refractivity contribution is 7.11. The molecule has 0 unspecified atom stereocenters. The third-order valence-electron chi connectivity index (χ3n) is 3.31. The van der Waals surface area contributed by atoms with Crippen molar-refractivity contribution in [3.05, 3.63) is 16.1 Å². The largest absolute Gasteiger partial charge is 0.394 e. The van der Waals surface area contributed by atoms with Crippen molar-refractivity contribution in [3.8, 4) is 0 Å². The molecule has 0 aromatic carbocycles. The lowest BCUT2D eigenvalue weighted by molar-refractivity contribution is 0.0741. The van der Waals surface area contributed by atoms with Gasteiger partial charge in [-0.15, -0.1) is 11.3 Å². The van der Waals surface area contributed by atoms with Crippen LogP contribution in [-0.2, 0) is 6.54 Å². The van der Waals surface area contributed by atoms with Crippen LogP contribution in [-0.4, -0.2) is 34.2 Å². The van der Waals surface area contributed by atoms with Crippen molar-refractivity contribution in [2.75, 3.05) is 13.7 Å². The minimum Gasteiger partial charge on any atom is -0.394 e. The highest BCUT2D eigenvalue weighted by Gasteiger charge is 2.27. The molecule has 2 rings (SSSR count). The van der Waals surface area contributed by atoms with Gasteiger partial charge in [-0.2, -0.15) is 0 Å². The van der Waals surface area contributed by atoms with E-state index in [4.69, 9.17) is 0 Å². The van der Waals surface area contributed by atoms with E-state index in [9.17, 15) is 5.11 Å². The summed E-state index contributed by atoms with van der Waals surface area (Å²) in [6.45, 7) is 5.15. The Balaban J connectivity index is 1.97. The first-order valence-electron chi connectivity index (χ1n) is 5.79. The van der Waals surface area contributed by atoms with Gasteiger partial charge < -0.3 is 5.11 Å². The average Bonchev–Trinajstić information content (AvgIpc) is 3.00. The molecule has 0 spiro atoms. The van der Waals surface area contributed by atoms with Gasteiger partial charge in [0.1, 0.15) is 0 Å². The Kier molecular flexibility index (Phi) is 3.33. The van der Waals surface area contributed by atoms with Crippen molar-refractivity contribution in [2.24, 2.45) is 0 Å². The normalized spacial score (nSPS) is 17.1. The molecule has 0 bridgehead atoms. The molecule has 0 saturated heterocycles. The molecule has 1 saturated carbocycles. The molecule has 1 fully saturated rings. The first-order chi connectivity index (χ1) is 7.53. The fourth-order valence-corrected chi connectivity index (χ4v) is 2.62. The smallest absolute Gasteiger partial charge is 0.0959 e. The zero-order chi connectivity index (χ0) is 11.8. The fourth-order valence-electron chi connectivity index (χ4n) is 1.48. The van der Waals surface area contributed by atoms with Crippen LogP contribution in [0.25, 0.3) is 0 Å². The quantitative estimate of drug-likeness (QED) is 0.857. The Morgan fingerprint density at radius 2 is 2.25 bits per heavy atom. The maximum absolute atomic E-state index is 9.29. The summed E-state index contributed by atoms with van der Waals surface area (Å²) in [5.41, 5.74) is -0.163. The van der Waals surface area contributed by atoms with Crippen LogP contribution >= 0.6 is 11.3 Å². The molecule has 0 radical (unpaired) electrons. The number of aromatic nitrogens is 1. The maximum Gasteiger partial charge on any atom is 0.0959 e. The molecule has 3 nitrogen and oxygen atoms in total. The minimum absolute atomic E-state index is 0.163. The van der Waals surface area contributed by atoms with Gasteiger partial charge in [0.2, 0.25) is 0 Å². The number of hydrogen-bond acceptors (Lipinski definition) is 4. The van der Waals surface area contributed by atoms with Crippen LogP contribution in [0.3, 0.4) is 0 Å². The summed E-state index contributed by atoms with van der Waals surface area (Å²) in [4.78, 5) is 7.94. The van der Waals surface area contributed by atoms with Gasteiger partial charge in [0.05, 0.1) is 11.6 Å². The second-order valence-electron chi connectivity index (χ2n) is 5.27. The van der Waals surface area contributed by atoms with Crippen LogP contribution in [0.15, 0.2) is 6.20 Å². The average molecular weight is 240 g/mol. The molecule has 4 heteroatoms. The molecule has 0 amide bonds. The first kappa shape index (κ1) is 12.0. The lowest BCUT2D eigenvalue weighted by atomic mass is 10.1. The molecule has 1 aromatic rings. The predicted octanol–water partition coefficient (Wildman–Crippen LogP) is 2.22. The van der Waals surface area contributed by atoms with Crippen molar-refractivity contribution in [1.29, 1.82) is 0 Å². The topological polar surface area (TPSA) is 36.4 Å². The van der Waals surface area contributed by atoms with Gasteiger partial charge >= 0.3 is 0 Å². The van der Waals surface area contributed by atoms with Gasteiger partial charge in [0.15, 0.2) is 0 Å². The van der Waals surface area contributed by atoms with Crippen molar-refractivity contribution < 1.29 is 5.11 Å². The predicted molar refractivity (Wildman–Crippen MR) is 66.7 cm³/mol. The summed E-state index contributed by atoms with van der Waals surface area (Å²) >= 11 is 1.82. The number of thiazole rings is 1. The van der Waals surface area contributed by atoms with Crippen LogP contribution in [0.1, 0.15) is 42.5 Å². The summed E-state index contributed by atoms with van der Waals surface area (Å²) in [6.07, 6.45) is 4.61. The highest BCUT2D eigenvalue weighted by Crippen LogP contribution is 2.41. The Morgan fingerprint density at radius 3 is 2.81 bits per heavy atom. The van der Waals surface area contributed by atoms with Gasteiger partial charge in [0.25, 0.3) is 0 Å². The van der Waals surface area contributed by atoms with Crippen LogP contribution in [0.4, 0.5) is 0 Å². The fraction of sp³-hybridized carbons (Fsp3) is 0.750. The number of aliphatic hydroxyl groups is 1. The Bertz CT molecular complexity index is 358. The first-order valence-corrected chi connectivity index (χ1v) is 6.61. The van der Waals surface area contributed by atoms with Crippen molar-refractivity contribution in [3.63, 3.8) is 0 Å². The van der Waals surface area contributed by atoms with E-state index in [0.29, 0.717) is 0 Å². The SMILES string of the molecule is CN(Cc1cnc(C2CC2)s1)C(C)(C)CO. The molecule has 1 aliphatic rings. The number of nitrogens with zero attached hydrogens (tertiary/aromatic N) is 2. The van der Waals surface area contributed by atoms with Crippen LogP contribution in [0.2, 0.25) is 0 Å². The molecule has 0 aliphatic heterocycles. The van der Waals surface area contributed by atoms with Gasteiger partial charge in [-0.25, -0.2) is 4.98 Å². The second kappa shape index (κ2) is 4.43. The van der Waals surface area contributed by atoms with Crippen LogP contribution < -0.4 is 0 Å². The van der Waals surface area contributed by atoms with E-state index < -0.39 is 0 Å². The summed E-state index contributed by atoms with van der Waals surface area (Å²) in [7, 11) is 2.05. The van der Waals surface area contributed by atoms with E-state index in [2.05, 4.69) is 23.7 Å². The zero-order valence-electron chi connectivity index (χ0n) is 10.2. The lowest BCUT2D eigenvalue weighted by Crippen LogP contribution is -2.43. The third-order valence-corrected chi connectivity index (χ3v) is 4.46. The van der Waals surface area contributed by atoms with Crippen molar-refractivity contribution >= 4 is 11.3 Å². The molecule has 90 valence electrons. The Morgan fingerprint density at radius 1 is 1.56 bits per heavy atom. The van der Waals surface area contributed by atoms with E-state index in [1.54, 1.807) is 0 Å². The van der Waals surface area contributed by atoms with E-state index >= 15 is 0 Å². The summed E-state index contributed by atoms with van der Waals surface area (Å²) < 4.78 is 0. The molecule has 1 aromatic heterocycles. The molecule has 1 aliphatic carbocycles. The standard InChI is InChI=1S/C12H20N2OS/c1-12(2,8-15)14(3)7-10-6-13-11(16-10)9-4-5-9/h6,9,15H,4-5,7-8H2,1-3H3. The minimum atomic E-state index is -0.163. The third kappa shape index (κ3) is 2.62. The monoisotopic (exact) mass is 240 g/mol. The molecule has 16 heavy (non-hydrogen) atoms. The van der Waals surface area contributed by atoms with Crippen molar-refractivity contribution in [2.45, 2.75) is 44.7 Å². The van der Waals surface area contributed by atoms with Crippen LogP contribution in [0.5, 0.6) is 0 Å². The van der Waals surface area contributed by atoms with E-state index in [0.717, 1.165) is 12.5 Å². The lowest BCUT2D eigenvalue weighted by Gasteiger charge is -2.33.